The summed E-state index contributed by atoms with van der Waals surface area (Å²) in [5, 5.41) is 4.18. The van der Waals surface area contributed by atoms with Crippen molar-refractivity contribution >= 4 is 29.3 Å². The molecular formula is C16H10ClF4N3O3. The van der Waals surface area contributed by atoms with Crippen LogP contribution in [-0.4, -0.2) is 29.7 Å². The molecule has 6 nitrogen and oxygen atoms in total. The van der Waals surface area contributed by atoms with Crippen LogP contribution in [-0.2, 0) is 10.3 Å². The van der Waals surface area contributed by atoms with E-state index in [1.807, 2.05) is 5.32 Å². The van der Waals surface area contributed by atoms with Crippen LogP contribution in [0.5, 0.6) is 0 Å². The van der Waals surface area contributed by atoms with Crippen LogP contribution in [0.15, 0.2) is 36.5 Å². The van der Waals surface area contributed by atoms with E-state index in [0.717, 1.165) is 24.4 Å². The van der Waals surface area contributed by atoms with Gasteiger partial charge < -0.3 is 10.1 Å². The second kappa shape index (κ2) is 6.69. The summed E-state index contributed by atoms with van der Waals surface area (Å²) in [6.45, 7) is -1.12. The molecule has 1 aromatic carbocycles. The van der Waals surface area contributed by atoms with Gasteiger partial charge in [0.2, 0.25) is 5.95 Å². The lowest BCUT2D eigenvalue weighted by Crippen LogP contribution is -2.56. The van der Waals surface area contributed by atoms with Gasteiger partial charge in [-0.1, -0.05) is 11.6 Å². The molecule has 0 fully saturated rings. The summed E-state index contributed by atoms with van der Waals surface area (Å²) in [4.78, 5) is 27.1. The number of carbonyl (C=O) groups excluding carboxylic acids is 2. The highest BCUT2D eigenvalue weighted by atomic mass is 35.5. The maximum atomic E-state index is 13.9. The third kappa shape index (κ3) is 3.52. The Hall–Kier alpha value is -2.88. The van der Waals surface area contributed by atoms with Crippen molar-refractivity contribution in [3.05, 3.63) is 58.6 Å². The molecule has 1 aliphatic rings. The first-order chi connectivity index (χ1) is 12.6. The van der Waals surface area contributed by atoms with Crippen LogP contribution in [0.3, 0.4) is 0 Å². The summed E-state index contributed by atoms with van der Waals surface area (Å²) < 4.78 is 59.2. The number of amides is 2. The highest BCUT2D eigenvalue weighted by molar-refractivity contribution is 6.30. The number of pyridine rings is 1. The van der Waals surface area contributed by atoms with Gasteiger partial charge in [-0.3, -0.25) is 10.1 Å². The Morgan fingerprint density at radius 2 is 2.04 bits per heavy atom. The van der Waals surface area contributed by atoms with Gasteiger partial charge in [0.25, 0.3) is 11.5 Å². The number of nitrogens with zero attached hydrogens (tertiary/aromatic N) is 1. The van der Waals surface area contributed by atoms with Crippen molar-refractivity contribution in [2.24, 2.45) is 0 Å². The van der Waals surface area contributed by atoms with E-state index >= 15 is 0 Å². The minimum absolute atomic E-state index is 0.0174. The maximum Gasteiger partial charge on any atom is 0.434 e. The van der Waals surface area contributed by atoms with Crippen LogP contribution in [0.4, 0.5) is 28.0 Å². The summed E-state index contributed by atoms with van der Waals surface area (Å²) in [5.41, 5.74) is -3.93. The molecule has 0 radical (unpaired) electrons. The molecule has 3 rings (SSSR count). The SMILES string of the molecule is O=C1Nc2ccc(Cl)cc2C(CNC(=O)c2ccc(F)nc2)(C(F)(F)F)O1. The van der Waals surface area contributed by atoms with E-state index < -0.39 is 41.8 Å². The minimum atomic E-state index is -5.07. The summed E-state index contributed by atoms with van der Waals surface area (Å²) in [5.74, 6) is -1.81. The zero-order chi connectivity index (χ0) is 19.8. The van der Waals surface area contributed by atoms with Gasteiger partial charge in [0.15, 0.2) is 0 Å². The first kappa shape index (κ1) is 18.9. The van der Waals surface area contributed by atoms with Crippen LogP contribution in [0.2, 0.25) is 5.02 Å². The van der Waals surface area contributed by atoms with Crippen molar-refractivity contribution in [1.82, 2.24) is 10.3 Å². The number of benzene rings is 1. The van der Waals surface area contributed by atoms with Crippen LogP contribution in [0.25, 0.3) is 0 Å². The van der Waals surface area contributed by atoms with Gasteiger partial charge in [0, 0.05) is 16.8 Å². The van der Waals surface area contributed by atoms with Crippen molar-refractivity contribution in [3.8, 4) is 0 Å². The maximum absolute atomic E-state index is 13.9. The van der Waals surface area contributed by atoms with Crippen molar-refractivity contribution in [2.75, 3.05) is 11.9 Å². The van der Waals surface area contributed by atoms with Gasteiger partial charge in [-0.15, -0.1) is 0 Å². The molecule has 11 heteroatoms. The molecule has 1 aliphatic heterocycles. The van der Waals surface area contributed by atoms with Crippen LogP contribution >= 0.6 is 11.6 Å². The lowest BCUT2D eigenvalue weighted by molar-refractivity contribution is -0.261. The third-order valence-corrected chi connectivity index (χ3v) is 4.10. The first-order valence-electron chi connectivity index (χ1n) is 7.39. The van der Waals surface area contributed by atoms with Gasteiger partial charge in [-0.25, -0.2) is 9.78 Å². The number of anilines is 1. The fraction of sp³-hybridized carbons (Fsp3) is 0.188. The number of nitrogens with one attached hydrogen (secondary N) is 2. The Morgan fingerprint density at radius 1 is 1.30 bits per heavy atom. The van der Waals surface area contributed by atoms with Gasteiger partial charge in [0.1, 0.15) is 0 Å². The highest BCUT2D eigenvalue weighted by Crippen LogP contribution is 2.47. The van der Waals surface area contributed by atoms with E-state index in [-0.39, 0.29) is 16.3 Å². The number of carbonyl (C=O) groups is 2. The molecule has 1 unspecified atom stereocenters. The average molecular weight is 404 g/mol. The van der Waals surface area contributed by atoms with E-state index in [1.165, 1.54) is 12.1 Å². The molecule has 1 aromatic heterocycles. The molecule has 2 N–H and O–H groups in total. The van der Waals surface area contributed by atoms with E-state index in [9.17, 15) is 27.2 Å². The molecule has 1 atom stereocenters. The van der Waals surface area contributed by atoms with Gasteiger partial charge in [-0.2, -0.15) is 17.6 Å². The zero-order valence-corrected chi connectivity index (χ0v) is 14.0. The summed E-state index contributed by atoms with van der Waals surface area (Å²) in [6, 6.07) is 5.43. The largest absolute Gasteiger partial charge is 0.434 e. The van der Waals surface area contributed by atoms with Gasteiger partial charge in [0.05, 0.1) is 17.8 Å². The summed E-state index contributed by atoms with van der Waals surface area (Å²) in [6.07, 6.45) is -5.54. The molecule has 142 valence electrons. The first-order valence-corrected chi connectivity index (χ1v) is 7.77. The average Bonchev–Trinajstić information content (AvgIpc) is 2.59. The zero-order valence-electron chi connectivity index (χ0n) is 13.2. The number of aromatic nitrogens is 1. The number of rotatable bonds is 3. The van der Waals surface area contributed by atoms with Crippen LogP contribution in [0.1, 0.15) is 15.9 Å². The Balaban J connectivity index is 1.97. The normalized spacial score (nSPS) is 18.9. The molecule has 0 bridgehead atoms. The van der Waals surface area contributed by atoms with E-state index in [1.54, 1.807) is 0 Å². The predicted molar refractivity (Wildman–Crippen MR) is 85.8 cm³/mol. The second-order valence-electron chi connectivity index (χ2n) is 5.58. The third-order valence-electron chi connectivity index (χ3n) is 3.87. The fourth-order valence-electron chi connectivity index (χ4n) is 2.57. The van der Waals surface area contributed by atoms with E-state index in [4.69, 9.17) is 11.6 Å². The molecule has 0 saturated carbocycles. The number of cyclic esters (lactones) is 1. The lowest BCUT2D eigenvalue weighted by Gasteiger charge is -2.39. The Kier molecular flexibility index (Phi) is 4.68. The molecular weight excluding hydrogens is 394 g/mol. The van der Waals surface area contributed by atoms with E-state index in [2.05, 4.69) is 15.0 Å². The van der Waals surface area contributed by atoms with Gasteiger partial charge >= 0.3 is 12.3 Å². The topological polar surface area (TPSA) is 80.3 Å². The number of fused-ring (bicyclic) bond motifs is 1. The Labute approximate surface area is 154 Å². The molecule has 0 aliphatic carbocycles. The van der Waals surface area contributed by atoms with Crippen molar-refractivity contribution in [2.45, 2.75) is 11.8 Å². The molecule has 27 heavy (non-hydrogen) atoms. The van der Waals surface area contributed by atoms with Gasteiger partial charge in [-0.05, 0) is 30.3 Å². The molecule has 2 amide bonds. The monoisotopic (exact) mass is 403 g/mol. The van der Waals surface area contributed by atoms with E-state index in [0.29, 0.717) is 0 Å². The quantitative estimate of drug-likeness (QED) is 0.606. The number of halogens is 5. The number of alkyl halides is 3. The van der Waals surface area contributed by atoms with Crippen LogP contribution < -0.4 is 10.6 Å². The fourth-order valence-corrected chi connectivity index (χ4v) is 2.74. The standard InChI is InChI=1S/C16H10ClF4N3O3/c17-9-2-3-11-10(5-9)15(16(19,20)21,27-14(26)24-11)7-23-13(25)8-1-4-12(18)22-6-8/h1-6H,7H2,(H,23,25)(H,24,26). The van der Waals surface area contributed by atoms with Crippen molar-refractivity contribution < 1.29 is 31.9 Å². The second-order valence-corrected chi connectivity index (χ2v) is 6.02. The Bertz CT molecular complexity index is 905. The molecule has 2 heterocycles. The summed E-state index contributed by atoms with van der Waals surface area (Å²) in [7, 11) is 0. The molecule has 0 spiro atoms. The van der Waals surface area contributed by atoms with Crippen molar-refractivity contribution in [3.63, 3.8) is 0 Å². The predicted octanol–water partition coefficient (Wildman–Crippen LogP) is 3.62. The number of hydrogen-bond donors (Lipinski definition) is 2. The van der Waals surface area contributed by atoms with Crippen LogP contribution in [0, 0.1) is 5.95 Å². The van der Waals surface area contributed by atoms with Crippen molar-refractivity contribution in [1.29, 1.82) is 0 Å². The minimum Gasteiger partial charge on any atom is -0.426 e. The molecule has 2 aromatic rings. The lowest BCUT2D eigenvalue weighted by atomic mass is 9.89. The Morgan fingerprint density at radius 3 is 2.67 bits per heavy atom. The highest BCUT2D eigenvalue weighted by Gasteiger charge is 2.62. The number of hydrogen-bond acceptors (Lipinski definition) is 4. The molecule has 0 saturated heterocycles. The smallest absolute Gasteiger partial charge is 0.426 e. The number of ether oxygens (including phenoxy) is 1. The summed E-state index contributed by atoms with van der Waals surface area (Å²) >= 11 is 5.80.